The minimum absolute atomic E-state index is 0.0633. The summed E-state index contributed by atoms with van der Waals surface area (Å²) in [4.78, 5) is 24.6. The van der Waals surface area contributed by atoms with E-state index < -0.39 is 11.7 Å². The number of piperazine rings is 1. The van der Waals surface area contributed by atoms with Crippen LogP contribution < -0.4 is 4.90 Å². The molecule has 10 heteroatoms. The third-order valence-electron chi connectivity index (χ3n) is 5.44. The number of halogens is 3. The number of carbonyl (C=O) groups is 1. The number of hydrogen-bond acceptors (Lipinski definition) is 6. The molecule has 3 rings (SSSR count). The van der Waals surface area contributed by atoms with E-state index in [1.54, 1.807) is 4.90 Å². The van der Waals surface area contributed by atoms with Gasteiger partial charge in [-0.15, -0.1) is 0 Å². The van der Waals surface area contributed by atoms with E-state index >= 15 is 0 Å². The number of carbonyl (C=O) groups excluding carboxylic acids is 1. The average Bonchev–Trinajstić information content (AvgIpc) is 2.75. The fourth-order valence-corrected chi connectivity index (χ4v) is 4.28. The molecule has 0 radical (unpaired) electrons. The van der Waals surface area contributed by atoms with Gasteiger partial charge in [-0.3, -0.25) is 4.79 Å². The molecule has 0 unspecified atom stereocenters. The van der Waals surface area contributed by atoms with Gasteiger partial charge in [-0.1, -0.05) is 11.8 Å². The van der Waals surface area contributed by atoms with Crippen molar-refractivity contribution in [2.75, 3.05) is 36.8 Å². The summed E-state index contributed by atoms with van der Waals surface area (Å²) in [5.41, 5.74) is 2.40. The van der Waals surface area contributed by atoms with Gasteiger partial charge in [0, 0.05) is 38.1 Å². The molecule has 1 aliphatic heterocycles. The molecule has 0 N–H and O–H groups in total. The lowest BCUT2D eigenvalue weighted by Crippen LogP contribution is -2.49. The number of hydrogen-bond donors (Lipinski definition) is 0. The SMILES string of the molecule is Cc1nc(SCC(=O)N2CCN(c3ccc(C(F)(F)F)cn3)CC2)c(C#N)c(C)c1C. The quantitative estimate of drug-likeness (QED) is 0.663. The smallest absolute Gasteiger partial charge is 0.353 e. The van der Waals surface area contributed by atoms with E-state index in [-0.39, 0.29) is 11.7 Å². The lowest BCUT2D eigenvalue weighted by molar-refractivity contribution is -0.137. The summed E-state index contributed by atoms with van der Waals surface area (Å²) in [5, 5.41) is 10.0. The highest BCUT2D eigenvalue weighted by molar-refractivity contribution is 8.00. The molecule has 3 heterocycles. The van der Waals surface area contributed by atoms with Gasteiger partial charge in [0.2, 0.25) is 5.91 Å². The van der Waals surface area contributed by atoms with Gasteiger partial charge in [0.05, 0.1) is 16.9 Å². The first-order valence-corrected chi connectivity index (χ1v) is 10.7. The van der Waals surface area contributed by atoms with Crippen LogP contribution in [0.2, 0.25) is 0 Å². The fraction of sp³-hybridized carbons (Fsp3) is 0.429. The molecule has 31 heavy (non-hydrogen) atoms. The number of nitriles is 1. The van der Waals surface area contributed by atoms with E-state index in [4.69, 9.17) is 0 Å². The summed E-state index contributed by atoms with van der Waals surface area (Å²) < 4.78 is 38.1. The Morgan fingerprint density at radius 3 is 2.39 bits per heavy atom. The summed E-state index contributed by atoms with van der Waals surface area (Å²) in [7, 11) is 0. The topological polar surface area (TPSA) is 73.1 Å². The van der Waals surface area contributed by atoms with E-state index in [0.29, 0.717) is 42.6 Å². The van der Waals surface area contributed by atoms with Crippen molar-refractivity contribution in [2.45, 2.75) is 32.0 Å². The third kappa shape index (κ3) is 5.10. The van der Waals surface area contributed by atoms with Gasteiger partial charge >= 0.3 is 6.18 Å². The number of thioether (sulfide) groups is 1. The highest BCUT2D eigenvalue weighted by atomic mass is 32.2. The number of anilines is 1. The monoisotopic (exact) mass is 449 g/mol. The molecule has 2 aromatic heterocycles. The molecule has 0 aliphatic carbocycles. The van der Waals surface area contributed by atoms with Gasteiger partial charge in [0.15, 0.2) is 0 Å². The van der Waals surface area contributed by atoms with Crippen LogP contribution in [0.4, 0.5) is 19.0 Å². The molecule has 2 aromatic rings. The van der Waals surface area contributed by atoms with Crippen molar-refractivity contribution >= 4 is 23.5 Å². The number of nitrogens with zero attached hydrogens (tertiary/aromatic N) is 5. The molecule has 164 valence electrons. The van der Waals surface area contributed by atoms with E-state index in [0.717, 1.165) is 29.1 Å². The molecule has 1 aliphatic rings. The molecule has 0 saturated carbocycles. The first-order valence-electron chi connectivity index (χ1n) is 9.68. The summed E-state index contributed by atoms with van der Waals surface area (Å²) in [6, 6.07) is 4.55. The highest BCUT2D eigenvalue weighted by Gasteiger charge is 2.31. The molecular formula is C21H22F3N5OS. The van der Waals surface area contributed by atoms with Crippen LogP contribution in [0.1, 0.15) is 27.9 Å². The third-order valence-corrected chi connectivity index (χ3v) is 6.40. The van der Waals surface area contributed by atoms with E-state index in [1.165, 1.54) is 17.8 Å². The minimum atomic E-state index is -4.41. The number of alkyl halides is 3. The van der Waals surface area contributed by atoms with Crippen molar-refractivity contribution in [3.63, 3.8) is 0 Å². The second-order valence-electron chi connectivity index (χ2n) is 7.30. The number of aryl methyl sites for hydroxylation is 1. The minimum Gasteiger partial charge on any atom is -0.353 e. The maximum absolute atomic E-state index is 12.7. The van der Waals surface area contributed by atoms with Crippen molar-refractivity contribution in [1.29, 1.82) is 5.26 Å². The molecular weight excluding hydrogens is 427 g/mol. The zero-order valence-corrected chi connectivity index (χ0v) is 18.3. The van der Waals surface area contributed by atoms with E-state index in [9.17, 15) is 23.2 Å². The zero-order chi connectivity index (χ0) is 22.8. The Morgan fingerprint density at radius 2 is 1.84 bits per heavy atom. The van der Waals surface area contributed by atoms with Crippen LogP contribution in [0, 0.1) is 32.1 Å². The Morgan fingerprint density at radius 1 is 1.16 bits per heavy atom. The zero-order valence-electron chi connectivity index (χ0n) is 17.5. The van der Waals surface area contributed by atoms with Gasteiger partial charge < -0.3 is 9.80 Å². The second-order valence-corrected chi connectivity index (χ2v) is 8.26. The first-order chi connectivity index (χ1) is 14.6. The van der Waals surface area contributed by atoms with Crippen molar-refractivity contribution in [3.05, 3.63) is 46.3 Å². The molecule has 0 spiro atoms. The lowest BCUT2D eigenvalue weighted by atomic mass is 10.1. The maximum Gasteiger partial charge on any atom is 0.417 e. The van der Waals surface area contributed by atoms with Crippen molar-refractivity contribution in [1.82, 2.24) is 14.9 Å². The Bertz CT molecular complexity index is 1010. The van der Waals surface area contributed by atoms with Crippen LogP contribution in [0.15, 0.2) is 23.4 Å². The van der Waals surface area contributed by atoms with Gasteiger partial charge in [0.1, 0.15) is 16.9 Å². The Balaban J connectivity index is 1.57. The number of rotatable bonds is 4. The molecule has 0 atom stereocenters. The number of pyridine rings is 2. The molecule has 1 amide bonds. The summed E-state index contributed by atoms with van der Waals surface area (Å²) in [5.74, 6) is 0.567. The van der Waals surface area contributed by atoms with Gasteiger partial charge in [-0.2, -0.15) is 18.4 Å². The van der Waals surface area contributed by atoms with Crippen molar-refractivity contribution in [2.24, 2.45) is 0 Å². The number of aromatic nitrogens is 2. The predicted molar refractivity (Wildman–Crippen MR) is 112 cm³/mol. The van der Waals surface area contributed by atoms with E-state index in [2.05, 4.69) is 16.0 Å². The van der Waals surface area contributed by atoms with Gasteiger partial charge in [-0.25, -0.2) is 9.97 Å². The van der Waals surface area contributed by atoms with Crippen LogP contribution >= 0.6 is 11.8 Å². The number of amides is 1. The largest absolute Gasteiger partial charge is 0.417 e. The molecule has 0 bridgehead atoms. The Hall–Kier alpha value is -2.80. The standard InChI is InChI=1S/C21H22F3N5OS/c1-13-14(2)17(10-25)20(27-15(13)3)31-12-19(30)29-8-6-28(7-9-29)18-5-4-16(11-26-18)21(22,23)24/h4-5,11H,6-9,12H2,1-3H3. The Labute approximate surface area is 183 Å². The van der Waals surface area contributed by atoms with Crippen molar-refractivity contribution in [3.8, 4) is 6.07 Å². The van der Waals surface area contributed by atoms with Gasteiger partial charge in [0.25, 0.3) is 0 Å². The van der Waals surface area contributed by atoms with Gasteiger partial charge in [-0.05, 0) is 44.0 Å². The summed E-state index contributed by atoms with van der Waals surface area (Å²) in [6.07, 6.45) is -3.59. The van der Waals surface area contributed by atoms with Crippen LogP contribution in [-0.4, -0.2) is 52.7 Å². The molecule has 1 saturated heterocycles. The van der Waals surface area contributed by atoms with Crippen molar-refractivity contribution < 1.29 is 18.0 Å². The van der Waals surface area contributed by atoms with E-state index in [1.807, 2.05) is 25.7 Å². The Kier molecular flexibility index (Phi) is 6.74. The van der Waals surface area contributed by atoms with Crippen LogP contribution in [0.3, 0.4) is 0 Å². The summed E-state index contributed by atoms with van der Waals surface area (Å²) >= 11 is 1.25. The summed E-state index contributed by atoms with van der Waals surface area (Å²) in [6.45, 7) is 7.55. The normalized spacial score (nSPS) is 14.5. The van der Waals surface area contributed by atoms with Crippen LogP contribution in [0.5, 0.6) is 0 Å². The predicted octanol–water partition coefficient (Wildman–Crippen LogP) is 3.73. The molecule has 1 fully saturated rings. The van der Waals surface area contributed by atoms with Crippen LogP contribution in [0.25, 0.3) is 0 Å². The molecule has 0 aromatic carbocycles. The highest BCUT2D eigenvalue weighted by Crippen LogP contribution is 2.30. The average molecular weight is 450 g/mol. The maximum atomic E-state index is 12.7. The lowest BCUT2D eigenvalue weighted by Gasteiger charge is -2.35. The molecule has 6 nitrogen and oxygen atoms in total. The van der Waals surface area contributed by atoms with Crippen LogP contribution in [-0.2, 0) is 11.0 Å². The first kappa shape index (κ1) is 22.9. The second kappa shape index (κ2) is 9.14. The fourth-order valence-electron chi connectivity index (χ4n) is 3.29.